The van der Waals surface area contributed by atoms with Crippen LogP contribution >= 0.6 is 0 Å². The number of likely N-dealkylation sites (N-methyl/N-ethyl adjacent to an activating group) is 1. The smallest absolute Gasteiger partial charge is 0.253 e. The maximum Gasteiger partial charge on any atom is 0.253 e. The van der Waals surface area contributed by atoms with Gasteiger partial charge in [-0.2, -0.15) is 0 Å². The number of nitrogens with one attached hydrogen (secondary N) is 1. The first kappa shape index (κ1) is 21.7. The van der Waals surface area contributed by atoms with Crippen molar-refractivity contribution in [1.29, 1.82) is 0 Å². The van der Waals surface area contributed by atoms with Gasteiger partial charge in [-0.1, -0.05) is 12.1 Å². The molecule has 1 saturated heterocycles. The van der Waals surface area contributed by atoms with Gasteiger partial charge in [0.2, 0.25) is 6.79 Å². The van der Waals surface area contributed by atoms with Crippen LogP contribution in [0.5, 0.6) is 11.5 Å². The number of piperazine rings is 1. The highest BCUT2D eigenvalue weighted by Gasteiger charge is 2.32. The fourth-order valence-corrected chi connectivity index (χ4v) is 4.68. The van der Waals surface area contributed by atoms with Gasteiger partial charge in [0.25, 0.3) is 5.56 Å². The summed E-state index contributed by atoms with van der Waals surface area (Å²) in [6, 6.07) is 11.3. The minimum atomic E-state index is -0.460. The van der Waals surface area contributed by atoms with Crippen molar-refractivity contribution in [3.63, 3.8) is 0 Å². The van der Waals surface area contributed by atoms with Gasteiger partial charge in [0, 0.05) is 43.2 Å². The van der Waals surface area contributed by atoms with Gasteiger partial charge < -0.3 is 19.4 Å². The number of nitrogens with zero attached hydrogens (tertiary/aromatic N) is 6. The van der Waals surface area contributed by atoms with E-state index in [0.717, 1.165) is 37.1 Å². The molecule has 0 unspecified atom stereocenters. The molecule has 6 rings (SSSR count). The van der Waals surface area contributed by atoms with Crippen LogP contribution in [0.4, 0.5) is 4.39 Å². The molecule has 1 atom stereocenters. The summed E-state index contributed by atoms with van der Waals surface area (Å²) in [4.78, 5) is 20.9. The molecule has 2 aromatic heterocycles. The quantitative estimate of drug-likeness (QED) is 0.464. The molecule has 11 heteroatoms. The van der Waals surface area contributed by atoms with Crippen molar-refractivity contribution in [3.8, 4) is 11.5 Å². The molecule has 0 aliphatic carbocycles. The molecule has 0 saturated carbocycles. The zero-order valence-electron chi connectivity index (χ0n) is 19.1. The molecule has 4 aromatic rings. The lowest BCUT2D eigenvalue weighted by Crippen LogP contribution is -2.47. The van der Waals surface area contributed by atoms with Crippen LogP contribution in [0.2, 0.25) is 0 Å². The first-order valence-corrected chi connectivity index (χ1v) is 11.4. The third-order valence-electron chi connectivity index (χ3n) is 6.61. The largest absolute Gasteiger partial charge is 0.454 e. The van der Waals surface area contributed by atoms with Crippen molar-refractivity contribution in [2.24, 2.45) is 0 Å². The molecule has 0 spiro atoms. The molecule has 0 amide bonds. The molecule has 1 N–H and O–H groups in total. The Morgan fingerprint density at radius 2 is 1.80 bits per heavy atom. The number of H-pyrrole nitrogens is 1. The summed E-state index contributed by atoms with van der Waals surface area (Å²) in [5.41, 5.74) is 1.87. The molecule has 10 nitrogen and oxygen atoms in total. The highest BCUT2D eigenvalue weighted by molar-refractivity contribution is 5.83. The van der Waals surface area contributed by atoms with Gasteiger partial charge in [0.05, 0.1) is 12.1 Å². The number of benzene rings is 2. The Kier molecular flexibility index (Phi) is 5.42. The Bertz CT molecular complexity index is 1430. The Labute approximate surface area is 199 Å². The summed E-state index contributed by atoms with van der Waals surface area (Å²) in [5, 5.41) is 13.3. The number of tetrazole rings is 1. The molecule has 180 valence electrons. The van der Waals surface area contributed by atoms with Crippen molar-refractivity contribution in [3.05, 3.63) is 75.6 Å². The number of hydrogen-bond acceptors (Lipinski definition) is 8. The minimum absolute atomic E-state index is 0.158. The second-order valence-electron chi connectivity index (χ2n) is 8.91. The molecule has 35 heavy (non-hydrogen) atoms. The first-order chi connectivity index (χ1) is 17.0. The topological polar surface area (TPSA) is 101 Å². The number of aromatic amines is 1. The van der Waals surface area contributed by atoms with E-state index in [2.05, 4.69) is 37.4 Å². The van der Waals surface area contributed by atoms with Gasteiger partial charge in [0.15, 0.2) is 17.3 Å². The van der Waals surface area contributed by atoms with Crippen molar-refractivity contribution >= 4 is 10.9 Å². The van der Waals surface area contributed by atoms with Crippen LogP contribution in [0.1, 0.15) is 23.0 Å². The third kappa shape index (κ3) is 4.13. The Hall–Kier alpha value is -3.83. The van der Waals surface area contributed by atoms with Gasteiger partial charge in [-0.25, -0.2) is 9.07 Å². The number of ether oxygens (including phenoxy) is 2. The molecule has 2 aliphatic rings. The van der Waals surface area contributed by atoms with Crippen LogP contribution in [0.15, 0.2) is 47.3 Å². The van der Waals surface area contributed by atoms with Crippen molar-refractivity contribution in [2.75, 3.05) is 40.0 Å². The Morgan fingerprint density at radius 1 is 1.06 bits per heavy atom. The summed E-state index contributed by atoms with van der Waals surface area (Å²) in [7, 11) is 2.08. The number of aromatic nitrogens is 5. The fraction of sp³-hybridized carbons (Fsp3) is 0.333. The van der Waals surface area contributed by atoms with Gasteiger partial charge in [-0.05, 0) is 47.3 Å². The zero-order chi connectivity index (χ0) is 23.9. The molecular formula is C24H24FN7O3. The molecule has 1 fully saturated rings. The Balaban J connectivity index is 1.45. The summed E-state index contributed by atoms with van der Waals surface area (Å²) < 4.78 is 26.1. The van der Waals surface area contributed by atoms with E-state index in [1.165, 1.54) is 12.1 Å². The van der Waals surface area contributed by atoms with Crippen LogP contribution < -0.4 is 15.0 Å². The third-order valence-corrected chi connectivity index (χ3v) is 6.61. The lowest BCUT2D eigenvalue weighted by atomic mass is 10.0. The van der Waals surface area contributed by atoms with Crippen molar-refractivity contribution in [2.45, 2.75) is 12.6 Å². The maximum atomic E-state index is 13.4. The first-order valence-electron chi connectivity index (χ1n) is 11.4. The normalized spacial score (nSPS) is 17.2. The average Bonchev–Trinajstić information content (AvgIpc) is 3.50. The predicted molar refractivity (Wildman–Crippen MR) is 125 cm³/mol. The van der Waals surface area contributed by atoms with Gasteiger partial charge in [-0.3, -0.25) is 9.69 Å². The van der Waals surface area contributed by atoms with Crippen molar-refractivity contribution in [1.82, 2.24) is 35.0 Å². The number of hydrogen-bond donors (Lipinski definition) is 1. The molecule has 0 bridgehead atoms. The number of fused-ring (bicyclic) bond motifs is 2. The van der Waals surface area contributed by atoms with E-state index in [1.54, 1.807) is 22.9 Å². The zero-order valence-corrected chi connectivity index (χ0v) is 19.1. The van der Waals surface area contributed by atoms with Gasteiger partial charge in [-0.15, -0.1) is 5.10 Å². The van der Waals surface area contributed by atoms with E-state index in [4.69, 9.17) is 9.47 Å². The predicted octanol–water partition coefficient (Wildman–Crippen LogP) is 1.77. The Morgan fingerprint density at radius 3 is 2.57 bits per heavy atom. The van der Waals surface area contributed by atoms with E-state index in [-0.39, 0.29) is 18.2 Å². The summed E-state index contributed by atoms with van der Waals surface area (Å²) in [6.45, 7) is 3.74. The lowest BCUT2D eigenvalue weighted by Gasteiger charge is -2.37. The van der Waals surface area contributed by atoms with E-state index >= 15 is 0 Å². The minimum Gasteiger partial charge on any atom is -0.454 e. The van der Waals surface area contributed by atoms with Crippen LogP contribution in [-0.4, -0.2) is 75.0 Å². The number of halogens is 1. The monoisotopic (exact) mass is 477 g/mol. The molecular weight excluding hydrogens is 453 g/mol. The van der Waals surface area contributed by atoms with E-state index < -0.39 is 6.04 Å². The number of pyridine rings is 1. The standard InChI is InChI=1S/C24H24FN7O3/c1-30-6-8-31(9-7-30)22(23-27-28-29-32(23)13-15-2-4-17(25)5-3-15)18-10-16-11-20-21(35-14-34-20)12-19(16)26-24(18)33/h2-5,10-12,22H,6-9,13-14H2,1H3,(H,26,33)/t22-/m0/s1. The summed E-state index contributed by atoms with van der Waals surface area (Å²) >= 11 is 0. The van der Waals surface area contributed by atoms with Crippen molar-refractivity contribution < 1.29 is 13.9 Å². The van der Waals surface area contributed by atoms with Crippen LogP contribution in [0.25, 0.3) is 10.9 Å². The van der Waals surface area contributed by atoms with Crippen LogP contribution in [-0.2, 0) is 6.54 Å². The van der Waals surface area contributed by atoms with E-state index in [9.17, 15) is 9.18 Å². The second-order valence-corrected chi connectivity index (χ2v) is 8.91. The molecule has 4 heterocycles. The highest BCUT2D eigenvalue weighted by Crippen LogP contribution is 2.36. The van der Waals surface area contributed by atoms with Crippen LogP contribution in [0, 0.1) is 5.82 Å². The van der Waals surface area contributed by atoms with Gasteiger partial charge in [0.1, 0.15) is 11.9 Å². The maximum absolute atomic E-state index is 13.4. The molecule has 2 aromatic carbocycles. The van der Waals surface area contributed by atoms with Crippen LogP contribution in [0.3, 0.4) is 0 Å². The lowest BCUT2D eigenvalue weighted by molar-refractivity contribution is 0.121. The molecule has 2 aliphatic heterocycles. The highest BCUT2D eigenvalue weighted by atomic mass is 19.1. The fourth-order valence-electron chi connectivity index (χ4n) is 4.68. The summed E-state index contributed by atoms with van der Waals surface area (Å²) in [5.74, 6) is 1.52. The SMILES string of the molecule is CN1CCN([C@@H](c2cc3cc4c(cc3[nH]c2=O)OCO4)c2nnnn2Cc2ccc(F)cc2)CC1. The van der Waals surface area contributed by atoms with Gasteiger partial charge >= 0.3 is 0 Å². The second kappa shape index (κ2) is 8.75. The van der Waals surface area contributed by atoms with E-state index in [0.29, 0.717) is 34.9 Å². The summed E-state index contributed by atoms with van der Waals surface area (Å²) in [6.07, 6.45) is 0. The average molecular weight is 478 g/mol. The molecule has 0 radical (unpaired) electrons. The van der Waals surface area contributed by atoms with E-state index in [1.807, 2.05) is 12.1 Å². The number of rotatable bonds is 5.